The molecule has 0 spiro atoms. The van der Waals surface area contributed by atoms with Crippen molar-refractivity contribution in [1.82, 2.24) is 0 Å². The maximum absolute atomic E-state index is 10.9. The molecular weight excluding hydrogens is 216 g/mol. The lowest BCUT2D eigenvalue weighted by molar-refractivity contribution is -0.131. The Morgan fingerprint density at radius 3 is 2.47 bits per heavy atom. The van der Waals surface area contributed by atoms with Crippen LogP contribution in [0.25, 0.3) is 0 Å². The number of carbonyl (C=O) groups is 1. The molecule has 1 aromatic carbocycles. The highest BCUT2D eigenvalue weighted by atomic mass is 35.5. The van der Waals surface area contributed by atoms with Crippen molar-refractivity contribution in [1.29, 1.82) is 5.26 Å². The van der Waals surface area contributed by atoms with Gasteiger partial charge in [0.05, 0.1) is 0 Å². The van der Waals surface area contributed by atoms with Gasteiger partial charge in [-0.15, -0.1) is 11.6 Å². The third kappa shape index (κ3) is 2.09. The molecular formula is C10H9ClN2O2. The van der Waals surface area contributed by atoms with Crippen molar-refractivity contribution in [3.63, 3.8) is 0 Å². The molecule has 0 bridgehead atoms. The second-order valence-electron chi connectivity index (χ2n) is 3.02. The normalized spacial score (nSPS) is 16.1. The number of alkyl halides is 1. The molecule has 78 valence electrons. The van der Waals surface area contributed by atoms with Crippen LogP contribution in [0.5, 0.6) is 0 Å². The molecule has 0 aliphatic rings. The van der Waals surface area contributed by atoms with E-state index in [1.807, 2.05) is 0 Å². The van der Waals surface area contributed by atoms with E-state index in [2.05, 4.69) is 0 Å². The first-order chi connectivity index (χ1) is 7.02. The highest BCUT2D eigenvalue weighted by Crippen LogP contribution is 2.31. The number of hydrogen-bond acceptors (Lipinski definition) is 3. The van der Waals surface area contributed by atoms with Crippen molar-refractivity contribution in [3.05, 3.63) is 35.9 Å². The topological polar surface area (TPSA) is 87.1 Å². The van der Waals surface area contributed by atoms with Crippen LogP contribution >= 0.6 is 11.6 Å². The van der Waals surface area contributed by atoms with E-state index in [4.69, 9.17) is 22.6 Å². The molecule has 0 saturated heterocycles. The Kier molecular flexibility index (Phi) is 3.30. The molecule has 0 radical (unpaired) electrons. The van der Waals surface area contributed by atoms with E-state index in [1.165, 1.54) is 6.07 Å². The zero-order valence-electron chi connectivity index (χ0n) is 7.72. The van der Waals surface area contributed by atoms with Gasteiger partial charge in [0.2, 0.25) is 0 Å². The second kappa shape index (κ2) is 4.30. The Morgan fingerprint density at radius 1 is 1.53 bits per heavy atom. The Hall–Kier alpha value is -1.57. The lowest BCUT2D eigenvalue weighted by atomic mass is 9.95. The number of halogens is 1. The maximum atomic E-state index is 10.9. The number of nitrogens with zero attached hydrogens (tertiary/aromatic N) is 1. The average Bonchev–Trinajstić information content (AvgIpc) is 2.28. The van der Waals surface area contributed by atoms with Gasteiger partial charge in [-0.25, -0.2) is 0 Å². The number of carbonyl (C=O) groups excluding carboxylic acids is 1. The first-order valence-electron chi connectivity index (χ1n) is 4.15. The van der Waals surface area contributed by atoms with Crippen LogP contribution in [-0.4, -0.2) is 16.6 Å². The van der Waals surface area contributed by atoms with Gasteiger partial charge in [-0.2, -0.15) is 5.26 Å². The fourth-order valence-electron chi connectivity index (χ4n) is 1.10. The van der Waals surface area contributed by atoms with Gasteiger partial charge in [0.15, 0.2) is 0 Å². The molecule has 0 fully saturated rings. The van der Waals surface area contributed by atoms with E-state index in [-0.39, 0.29) is 0 Å². The van der Waals surface area contributed by atoms with Crippen LogP contribution in [0.15, 0.2) is 30.3 Å². The fraction of sp³-hybridized carbons (Fsp3) is 0.200. The number of benzene rings is 1. The van der Waals surface area contributed by atoms with Crippen molar-refractivity contribution in [2.45, 2.75) is 11.0 Å². The monoisotopic (exact) mass is 224 g/mol. The third-order valence-electron chi connectivity index (χ3n) is 2.01. The van der Waals surface area contributed by atoms with Crippen LogP contribution < -0.4 is 5.73 Å². The number of primary amides is 1. The molecule has 1 rings (SSSR count). The zero-order chi connectivity index (χ0) is 11.5. The van der Waals surface area contributed by atoms with Crippen molar-refractivity contribution in [3.8, 4) is 6.07 Å². The number of nitrogens with two attached hydrogens (primary N) is 1. The Bertz CT molecular complexity index is 402. The molecule has 0 aliphatic heterocycles. The third-order valence-corrected chi connectivity index (χ3v) is 2.57. The summed E-state index contributed by atoms with van der Waals surface area (Å²) in [5.41, 5.74) is 3.00. The summed E-state index contributed by atoms with van der Waals surface area (Å²) in [5, 5.41) is 17.2. The van der Waals surface area contributed by atoms with Gasteiger partial charge in [-0.3, -0.25) is 4.79 Å². The standard InChI is InChI=1S/C10H9ClN2O2/c11-8(7-4-2-1-3-5-7)10(15,6-12)9(13)14/h1-5,8,15H,(H2,13,14)/t8-,10-/m1/s1. The van der Waals surface area contributed by atoms with Crippen molar-refractivity contribution >= 4 is 17.5 Å². The minimum absolute atomic E-state index is 0.460. The minimum Gasteiger partial charge on any atom is -0.366 e. The van der Waals surface area contributed by atoms with Crippen molar-refractivity contribution < 1.29 is 9.90 Å². The highest BCUT2D eigenvalue weighted by Gasteiger charge is 2.43. The van der Waals surface area contributed by atoms with Crippen LogP contribution in [0.3, 0.4) is 0 Å². The van der Waals surface area contributed by atoms with E-state index >= 15 is 0 Å². The Labute approximate surface area is 91.9 Å². The Morgan fingerprint density at radius 2 is 2.07 bits per heavy atom. The number of rotatable bonds is 3. The molecule has 4 nitrogen and oxygen atoms in total. The van der Waals surface area contributed by atoms with E-state index in [9.17, 15) is 9.90 Å². The van der Waals surface area contributed by atoms with Gasteiger partial charge in [0.25, 0.3) is 11.5 Å². The van der Waals surface area contributed by atoms with Gasteiger partial charge in [0, 0.05) is 0 Å². The Balaban J connectivity index is 3.09. The van der Waals surface area contributed by atoms with Gasteiger partial charge in [-0.1, -0.05) is 30.3 Å². The first kappa shape index (κ1) is 11.5. The van der Waals surface area contributed by atoms with Gasteiger partial charge in [0.1, 0.15) is 11.4 Å². The second-order valence-corrected chi connectivity index (χ2v) is 3.45. The van der Waals surface area contributed by atoms with E-state index in [0.717, 1.165) is 0 Å². The average molecular weight is 225 g/mol. The summed E-state index contributed by atoms with van der Waals surface area (Å²) >= 11 is 5.84. The highest BCUT2D eigenvalue weighted by molar-refractivity contribution is 6.24. The number of hydrogen-bond donors (Lipinski definition) is 2. The summed E-state index contributed by atoms with van der Waals surface area (Å²) in [4.78, 5) is 10.9. The molecule has 1 amide bonds. The predicted molar refractivity (Wildman–Crippen MR) is 54.8 cm³/mol. The summed E-state index contributed by atoms with van der Waals surface area (Å²) in [7, 11) is 0. The molecule has 3 N–H and O–H groups in total. The number of nitriles is 1. The van der Waals surface area contributed by atoms with Crippen LogP contribution in [0.2, 0.25) is 0 Å². The molecule has 5 heteroatoms. The van der Waals surface area contributed by atoms with Gasteiger partial charge < -0.3 is 10.8 Å². The molecule has 0 heterocycles. The number of amides is 1. The van der Waals surface area contributed by atoms with Crippen LogP contribution in [0, 0.1) is 11.3 Å². The zero-order valence-corrected chi connectivity index (χ0v) is 8.48. The van der Waals surface area contributed by atoms with Crippen LogP contribution in [0.1, 0.15) is 10.9 Å². The van der Waals surface area contributed by atoms with Gasteiger partial charge in [-0.05, 0) is 5.56 Å². The van der Waals surface area contributed by atoms with Gasteiger partial charge >= 0.3 is 0 Å². The van der Waals surface area contributed by atoms with Crippen molar-refractivity contribution in [2.75, 3.05) is 0 Å². The van der Waals surface area contributed by atoms with Crippen LogP contribution in [-0.2, 0) is 4.79 Å². The SMILES string of the molecule is N#C[C@](O)(C(N)=O)[C@H](Cl)c1ccccc1. The summed E-state index contributed by atoms with van der Waals surface area (Å²) in [6, 6.07) is 9.75. The lowest BCUT2D eigenvalue weighted by Crippen LogP contribution is -2.45. The smallest absolute Gasteiger partial charge is 0.266 e. The molecule has 0 aromatic heterocycles. The quantitative estimate of drug-likeness (QED) is 0.586. The molecule has 0 saturated carbocycles. The summed E-state index contributed by atoms with van der Waals surface area (Å²) in [6.07, 6.45) is 0. The predicted octanol–water partition coefficient (Wildman–Crippen LogP) is 0.706. The number of aliphatic hydroxyl groups is 1. The molecule has 1 aromatic rings. The minimum atomic E-state index is -2.39. The van der Waals surface area contributed by atoms with E-state index in [1.54, 1.807) is 30.3 Å². The summed E-state index contributed by atoms with van der Waals surface area (Å²) in [5.74, 6) is -1.16. The summed E-state index contributed by atoms with van der Waals surface area (Å²) < 4.78 is 0. The summed E-state index contributed by atoms with van der Waals surface area (Å²) in [6.45, 7) is 0. The van der Waals surface area contributed by atoms with E-state index < -0.39 is 16.9 Å². The molecule has 0 unspecified atom stereocenters. The first-order valence-corrected chi connectivity index (χ1v) is 4.58. The van der Waals surface area contributed by atoms with Crippen molar-refractivity contribution in [2.24, 2.45) is 5.73 Å². The molecule has 2 atom stereocenters. The lowest BCUT2D eigenvalue weighted by Gasteiger charge is -2.22. The maximum Gasteiger partial charge on any atom is 0.266 e. The molecule has 15 heavy (non-hydrogen) atoms. The molecule has 0 aliphatic carbocycles. The fourth-order valence-corrected chi connectivity index (χ4v) is 1.40. The van der Waals surface area contributed by atoms with Crippen LogP contribution in [0.4, 0.5) is 0 Å². The largest absolute Gasteiger partial charge is 0.366 e. The van der Waals surface area contributed by atoms with E-state index in [0.29, 0.717) is 5.56 Å².